The molecule has 0 fully saturated rings. The molecule has 0 bridgehead atoms. The van der Waals surface area contributed by atoms with Crippen molar-refractivity contribution >= 4 is 27.0 Å². The van der Waals surface area contributed by atoms with Crippen LogP contribution >= 0.6 is 11.3 Å². The highest BCUT2D eigenvalue weighted by Gasteiger charge is 2.33. The monoisotopic (exact) mass is 330 g/mol. The van der Waals surface area contributed by atoms with Gasteiger partial charge in [0, 0.05) is 23.7 Å². The Morgan fingerprint density at radius 2 is 1.90 bits per heavy atom. The highest BCUT2D eigenvalue weighted by molar-refractivity contribution is 7.89. The van der Waals surface area contributed by atoms with E-state index < -0.39 is 26.6 Å². The van der Waals surface area contributed by atoms with Crippen LogP contribution in [0.2, 0.25) is 0 Å². The molecular weight excluding hydrogens is 318 g/mol. The summed E-state index contributed by atoms with van der Waals surface area (Å²) in [5.41, 5.74) is 6.04. The Morgan fingerprint density at radius 1 is 1.24 bits per heavy atom. The van der Waals surface area contributed by atoms with Crippen LogP contribution < -0.4 is 5.73 Å². The van der Waals surface area contributed by atoms with Crippen LogP contribution in [0.4, 0.5) is 14.5 Å². The average molecular weight is 330 g/mol. The van der Waals surface area contributed by atoms with E-state index in [2.05, 4.69) is 0 Å². The van der Waals surface area contributed by atoms with Crippen LogP contribution in [0.25, 0.3) is 0 Å². The lowest BCUT2D eigenvalue weighted by atomic mass is 10.1. The first-order chi connectivity index (χ1) is 9.89. The summed E-state index contributed by atoms with van der Waals surface area (Å²) in [7, 11) is -4.23. The Balaban J connectivity index is 2.03. The van der Waals surface area contributed by atoms with Gasteiger partial charge in [0.05, 0.1) is 0 Å². The van der Waals surface area contributed by atoms with Crippen LogP contribution in [0.1, 0.15) is 10.4 Å². The first-order valence-electron chi connectivity index (χ1n) is 6.19. The normalized spacial score (nSPS) is 15.9. The summed E-state index contributed by atoms with van der Waals surface area (Å²) in [6.45, 7) is 0.337. The number of hydrogen-bond donors (Lipinski definition) is 1. The molecule has 0 unspecified atom stereocenters. The first kappa shape index (κ1) is 14.4. The third-order valence-electron chi connectivity index (χ3n) is 3.39. The van der Waals surface area contributed by atoms with Crippen molar-refractivity contribution in [3.05, 3.63) is 45.7 Å². The van der Waals surface area contributed by atoms with Crippen LogP contribution in [0, 0.1) is 11.6 Å². The minimum absolute atomic E-state index is 0.129. The maximum absolute atomic E-state index is 13.9. The Hall–Kier alpha value is -1.51. The largest absolute Gasteiger partial charge is 0.399 e. The predicted octanol–water partition coefficient (Wildman–Crippen LogP) is 2.36. The van der Waals surface area contributed by atoms with Crippen molar-refractivity contribution in [2.75, 3.05) is 12.3 Å². The lowest BCUT2D eigenvalue weighted by Gasteiger charge is -2.26. The van der Waals surface area contributed by atoms with Crippen molar-refractivity contribution in [3.8, 4) is 0 Å². The second kappa shape index (κ2) is 5.04. The molecule has 0 amide bonds. The highest BCUT2D eigenvalue weighted by Crippen LogP contribution is 2.30. The summed E-state index contributed by atoms with van der Waals surface area (Å²) >= 11 is 1.56. The second-order valence-corrected chi connectivity index (χ2v) is 7.65. The fourth-order valence-electron chi connectivity index (χ4n) is 2.38. The Labute approximate surface area is 124 Å². The van der Waals surface area contributed by atoms with Crippen molar-refractivity contribution in [2.24, 2.45) is 0 Å². The summed E-state index contributed by atoms with van der Waals surface area (Å²) in [5, 5.41) is 1.88. The van der Waals surface area contributed by atoms with Crippen molar-refractivity contribution in [2.45, 2.75) is 17.9 Å². The SMILES string of the molecule is Nc1cc(F)c(S(=O)(=O)N2CCc3sccc3C2)c(F)c1. The van der Waals surface area contributed by atoms with Gasteiger partial charge >= 0.3 is 0 Å². The highest BCUT2D eigenvalue weighted by atomic mass is 32.2. The van der Waals surface area contributed by atoms with E-state index in [0.29, 0.717) is 6.42 Å². The molecule has 2 N–H and O–H groups in total. The average Bonchev–Trinajstić information content (AvgIpc) is 2.83. The topological polar surface area (TPSA) is 63.4 Å². The molecule has 3 rings (SSSR count). The van der Waals surface area contributed by atoms with Crippen molar-refractivity contribution in [1.82, 2.24) is 4.31 Å². The fraction of sp³-hybridized carbons (Fsp3) is 0.231. The van der Waals surface area contributed by atoms with Gasteiger partial charge in [-0.15, -0.1) is 11.3 Å². The summed E-state index contributed by atoms with van der Waals surface area (Å²) in [6, 6.07) is 3.46. The van der Waals surface area contributed by atoms with E-state index in [-0.39, 0.29) is 18.8 Å². The zero-order valence-electron chi connectivity index (χ0n) is 10.8. The van der Waals surface area contributed by atoms with Gasteiger partial charge in [-0.05, 0) is 35.6 Å². The minimum Gasteiger partial charge on any atom is -0.399 e. The molecular formula is C13H12F2N2O2S2. The van der Waals surface area contributed by atoms with Crippen molar-refractivity contribution in [3.63, 3.8) is 0 Å². The molecule has 8 heteroatoms. The predicted molar refractivity (Wildman–Crippen MR) is 76.4 cm³/mol. The van der Waals surface area contributed by atoms with Gasteiger partial charge in [-0.2, -0.15) is 4.31 Å². The standard InChI is InChI=1S/C13H12F2N2O2S2/c14-10-5-9(16)6-11(15)13(10)21(18,19)17-3-1-12-8(7-17)2-4-20-12/h2,4-6H,1,3,7,16H2. The number of hydrogen-bond acceptors (Lipinski definition) is 4. The van der Waals surface area contributed by atoms with Gasteiger partial charge in [0.25, 0.3) is 0 Å². The molecule has 0 saturated carbocycles. The molecule has 1 aliphatic heterocycles. The molecule has 1 aliphatic rings. The summed E-state index contributed by atoms with van der Waals surface area (Å²) in [5.74, 6) is -2.33. The van der Waals surface area contributed by atoms with Gasteiger partial charge in [0.15, 0.2) is 4.90 Å². The quantitative estimate of drug-likeness (QED) is 0.860. The van der Waals surface area contributed by atoms with E-state index in [1.165, 1.54) is 0 Å². The fourth-order valence-corrected chi connectivity index (χ4v) is 4.78. The molecule has 112 valence electrons. The van der Waals surface area contributed by atoms with Crippen LogP contribution in [-0.4, -0.2) is 19.3 Å². The van der Waals surface area contributed by atoms with Crippen LogP contribution in [-0.2, 0) is 23.0 Å². The molecule has 2 aromatic rings. The Morgan fingerprint density at radius 3 is 2.57 bits per heavy atom. The Bertz CT molecular complexity index is 779. The third kappa shape index (κ3) is 2.43. The molecule has 21 heavy (non-hydrogen) atoms. The number of sulfonamides is 1. The number of nitrogens with two attached hydrogens (primary N) is 1. The van der Waals surface area contributed by atoms with E-state index in [4.69, 9.17) is 5.73 Å². The summed E-state index contributed by atoms with van der Waals surface area (Å²) in [6.07, 6.45) is 0.546. The number of halogens is 2. The van der Waals surface area contributed by atoms with Crippen molar-refractivity contribution in [1.29, 1.82) is 0 Å². The number of nitrogen functional groups attached to an aromatic ring is 1. The first-order valence-corrected chi connectivity index (χ1v) is 8.51. The molecule has 1 aromatic heterocycles. The van der Waals surface area contributed by atoms with Gasteiger partial charge in [-0.1, -0.05) is 0 Å². The van der Waals surface area contributed by atoms with E-state index in [1.54, 1.807) is 11.3 Å². The maximum atomic E-state index is 13.9. The smallest absolute Gasteiger partial charge is 0.249 e. The molecule has 0 aliphatic carbocycles. The number of benzene rings is 1. The van der Waals surface area contributed by atoms with E-state index >= 15 is 0 Å². The molecule has 0 radical (unpaired) electrons. The zero-order chi connectivity index (χ0) is 15.2. The number of nitrogens with zero attached hydrogens (tertiary/aromatic N) is 1. The molecule has 0 saturated heterocycles. The minimum atomic E-state index is -4.23. The van der Waals surface area contributed by atoms with Crippen LogP contribution in [0.5, 0.6) is 0 Å². The van der Waals surface area contributed by atoms with E-state index in [0.717, 1.165) is 26.9 Å². The van der Waals surface area contributed by atoms with Gasteiger partial charge in [0.2, 0.25) is 10.0 Å². The lowest BCUT2D eigenvalue weighted by molar-refractivity contribution is 0.386. The number of thiophene rings is 1. The Kier molecular flexibility index (Phi) is 3.46. The molecule has 0 atom stereocenters. The van der Waals surface area contributed by atoms with Gasteiger partial charge in [-0.3, -0.25) is 0 Å². The molecule has 1 aromatic carbocycles. The number of anilines is 1. The maximum Gasteiger partial charge on any atom is 0.249 e. The third-order valence-corrected chi connectivity index (χ3v) is 6.31. The van der Waals surface area contributed by atoms with Crippen LogP contribution in [0.15, 0.2) is 28.5 Å². The van der Waals surface area contributed by atoms with Crippen LogP contribution in [0.3, 0.4) is 0 Å². The van der Waals surface area contributed by atoms with Gasteiger partial charge < -0.3 is 5.73 Å². The summed E-state index contributed by atoms with van der Waals surface area (Å²) < 4.78 is 53.8. The van der Waals surface area contributed by atoms with Gasteiger partial charge in [0.1, 0.15) is 11.6 Å². The van der Waals surface area contributed by atoms with Gasteiger partial charge in [-0.25, -0.2) is 17.2 Å². The molecule has 2 heterocycles. The molecule has 4 nitrogen and oxygen atoms in total. The number of rotatable bonds is 2. The lowest BCUT2D eigenvalue weighted by Crippen LogP contribution is -2.36. The van der Waals surface area contributed by atoms with Crippen molar-refractivity contribution < 1.29 is 17.2 Å². The second-order valence-electron chi connectivity index (χ2n) is 4.77. The number of fused-ring (bicyclic) bond motifs is 1. The van der Waals surface area contributed by atoms with E-state index in [9.17, 15) is 17.2 Å². The zero-order valence-corrected chi connectivity index (χ0v) is 12.5. The summed E-state index contributed by atoms with van der Waals surface area (Å²) in [4.78, 5) is 0.176. The van der Waals surface area contributed by atoms with E-state index in [1.807, 2.05) is 11.4 Å². The molecule has 0 spiro atoms.